The summed E-state index contributed by atoms with van der Waals surface area (Å²) < 4.78 is 1.65. The van der Waals surface area contributed by atoms with Gasteiger partial charge in [-0.25, -0.2) is 4.68 Å². The minimum Gasteiger partial charge on any atom is -0.349 e. The molecule has 2 rings (SSSR count). The van der Waals surface area contributed by atoms with Gasteiger partial charge in [-0.1, -0.05) is 18.5 Å². The van der Waals surface area contributed by atoms with E-state index in [-0.39, 0.29) is 11.9 Å². The highest BCUT2D eigenvalue weighted by Gasteiger charge is 2.11. The molecular formula is C14H16ClN3O. The Balaban J connectivity index is 2.15. The second-order valence-electron chi connectivity index (χ2n) is 4.43. The molecule has 100 valence electrons. The molecule has 0 fully saturated rings. The third-order valence-corrected chi connectivity index (χ3v) is 3.18. The monoisotopic (exact) mass is 277 g/mol. The summed E-state index contributed by atoms with van der Waals surface area (Å²) in [7, 11) is 0. The normalized spacial score (nSPS) is 12.2. The van der Waals surface area contributed by atoms with Gasteiger partial charge in [0, 0.05) is 17.3 Å². The van der Waals surface area contributed by atoms with Crippen molar-refractivity contribution in [3.63, 3.8) is 0 Å². The van der Waals surface area contributed by atoms with Gasteiger partial charge in [-0.15, -0.1) is 0 Å². The van der Waals surface area contributed by atoms with Crippen molar-refractivity contribution in [3.8, 4) is 5.69 Å². The molecule has 4 nitrogen and oxygen atoms in total. The average Bonchev–Trinajstić information content (AvgIpc) is 2.89. The first-order valence-electron chi connectivity index (χ1n) is 6.21. The minimum absolute atomic E-state index is 0.102. The number of carbonyl (C=O) groups excluding carboxylic acids is 1. The first-order valence-corrected chi connectivity index (χ1v) is 6.59. The van der Waals surface area contributed by atoms with E-state index in [1.165, 1.54) is 0 Å². The fourth-order valence-corrected chi connectivity index (χ4v) is 1.71. The van der Waals surface area contributed by atoms with E-state index in [0.717, 1.165) is 12.1 Å². The van der Waals surface area contributed by atoms with E-state index in [2.05, 4.69) is 10.4 Å². The van der Waals surface area contributed by atoms with E-state index >= 15 is 0 Å². The molecule has 0 spiro atoms. The van der Waals surface area contributed by atoms with Gasteiger partial charge < -0.3 is 5.32 Å². The maximum atomic E-state index is 11.9. The van der Waals surface area contributed by atoms with Gasteiger partial charge >= 0.3 is 0 Å². The van der Waals surface area contributed by atoms with Gasteiger partial charge in [0.15, 0.2) is 0 Å². The molecule has 1 amide bonds. The first-order chi connectivity index (χ1) is 9.10. The van der Waals surface area contributed by atoms with Crippen LogP contribution in [0.25, 0.3) is 5.69 Å². The molecule has 2 aromatic rings. The summed E-state index contributed by atoms with van der Waals surface area (Å²) in [5.74, 6) is -0.102. The molecule has 1 aromatic carbocycles. The number of rotatable bonds is 4. The van der Waals surface area contributed by atoms with Gasteiger partial charge in [-0.05, 0) is 37.6 Å². The molecule has 0 aliphatic carbocycles. The SMILES string of the molecule is CC[C@H](C)NC(=O)c1cnn(-c2ccc(Cl)cc2)c1. The molecule has 0 radical (unpaired) electrons. The minimum atomic E-state index is -0.102. The topological polar surface area (TPSA) is 46.9 Å². The van der Waals surface area contributed by atoms with Crippen molar-refractivity contribution >= 4 is 17.5 Å². The van der Waals surface area contributed by atoms with Gasteiger partial charge in [-0.3, -0.25) is 4.79 Å². The molecule has 1 heterocycles. The molecule has 0 saturated heterocycles. The molecule has 1 N–H and O–H groups in total. The molecular weight excluding hydrogens is 262 g/mol. The summed E-state index contributed by atoms with van der Waals surface area (Å²) in [5, 5.41) is 7.76. The molecule has 5 heteroatoms. The number of hydrogen-bond donors (Lipinski definition) is 1. The number of aromatic nitrogens is 2. The van der Waals surface area contributed by atoms with Crippen molar-refractivity contribution < 1.29 is 4.79 Å². The zero-order valence-electron chi connectivity index (χ0n) is 10.9. The van der Waals surface area contributed by atoms with E-state index in [1.807, 2.05) is 26.0 Å². The molecule has 1 atom stereocenters. The summed E-state index contributed by atoms with van der Waals surface area (Å²) in [5.41, 5.74) is 1.42. The molecule has 0 aliphatic heterocycles. The summed E-state index contributed by atoms with van der Waals surface area (Å²) in [6.45, 7) is 4.00. The Kier molecular flexibility index (Phi) is 4.22. The Hall–Kier alpha value is -1.81. The third kappa shape index (κ3) is 3.35. The Morgan fingerprint density at radius 2 is 2.11 bits per heavy atom. The second-order valence-corrected chi connectivity index (χ2v) is 4.87. The van der Waals surface area contributed by atoms with Crippen molar-refractivity contribution in [1.29, 1.82) is 0 Å². The maximum absolute atomic E-state index is 11.9. The van der Waals surface area contributed by atoms with E-state index in [9.17, 15) is 4.79 Å². The number of nitrogens with zero attached hydrogens (tertiary/aromatic N) is 2. The van der Waals surface area contributed by atoms with Gasteiger partial charge in [-0.2, -0.15) is 5.10 Å². The highest BCUT2D eigenvalue weighted by atomic mass is 35.5. The van der Waals surface area contributed by atoms with Gasteiger partial charge in [0.1, 0.15) is 0 Å². The van der Waals surface area contributed by atoms with Crippen LogP contribution in [0.15, 0.2) is 36.7 Å². The average molecular weight is 278 g/mol. The Morgan fingerprint density at radius 3 is 2.74 bits per heavy atom. The van der Waals surface area contributed by atoms with Crippen molar-refractivity contribution in [3.05, 3.63) is 47.2 Å². The summed E-state index contributed by atoms with van der Waals surface area (Å²) in [6.07, 6.45) is 4.17. The van der Waals surface area contributed by atoms with Crippen LogP contribution in [0.4, 0.5) is 0 Å². The number of benzene rings is 1. The summed E-state index contributed by atoms with van der Waals surface area (Å²) in [4.78, 5) is 11.9. The van der Waals surface area contributed by atoms with Crippen LogP contribution in [-0.2, 0) is 0 Å². The lowest BCUT2D eigenvalue weighted by molar-refractivity contribution is 0.0939. The first kappa shape index (κ1) is 13.6. The highest BCUT2D eigenvalue weighted by Crippen LogP contribution is 2.13. The Labute approximate surface area is 117 Å². The van der Waals surface area contributed by atoms with Crippen LogP contribution in [0, 0.1) is 0 Å². The maximum Gasteiger partial charge on any atom is 0.254 e. The van der Waals surface area contributed by atoms with Crippen LogP contribution < -0.4 is 5.32 Å². The lowest BCUT2D eigenvalue weighted by Crippen LogP contribution is -2.31. The zero-order chi connectivity index (χ0) is 13.8. The van der Waals surface area contributed by atoms with E-state index in [0.29, 0.717) is 10.6 Å². The Morgan fingerprint density at radius 1 is 1.42 bits per heavy atom. The van der Waals surface area contributed by atoms with Crippen molar-refractivity contribution in [2.45, 2.75) is 26.3 Å². The quantitative estimate of drug-likeness (QED) is 0.934. The second kappa shape index (κ2) is 5.89. The lowest BCUT2D eigenvalue weighted by Gasteiger charge is -2.09. The fraction of sp³-hybridized carbons (Fsp3) is 0.286. The molecule has 1 aromatic heterocycles. The largest absolute Gasteiger partial charge is 0.349 e. The number of amides is 1. The van der Waals surface area contributed by atoms with Crippen LogP contribution in [0.2, 0.25) is 5.02 Å². The Bertz CT molecular complexity index is 562. The summed E-state index contributed by atoms with van der Waals surface area (Å²) in [6, 6.07) is 7.44. The lowest BCUT2D eigenvalue weighted by atomic mass is 10.2. The number of halogens is 1. The van der Waals surface area contributed by atoms with Gasteiger partial charge in [0.2, 0.25) is 0 Å². The van der Waals surface area contributed by atoms with Crippen molar-refractivity contribution in [2.75, 3.05) is 0 Å². The number of nitrogens with one attached hydrogen (secondary N) is 1. The van der Waals surface area contributed by atoms with E-state index in [4.69, 9.17) is 11.6 Å². The van der Waals surface area contributed by atoms with Crippen LogP contribution in [0.1, 0.15) is 30.6 Å². The van der Waals surface area contributed by atoms with E-state index in [1.54, 1.807) is 29.2 Å². The van der Waals surface area contributed by atoms with Crippen LogP contribution in [0.3, 0.4) is 0 Å². The standard InChI is InChI=1S/C14H16ClN3O/c1-3-10(2)17-14(19)11-8-16-18(9-11)13-6-4-12(15)5-7-13/h4-10H,3H2,1-2H3,(H,17,19)/t10-/m0/s1. The third-order valence-electron chi connectivity index (χ3n) is 2.93. The molecule has 0 aliphatic rings. The molecule has 19 heavy (non-hydrogen) atoms. The molecule has 0 bridgehead atoms. The fourth-order valence-electron chi connectivity index (χ4n) is 1.58. The predicted octanol–water partition coefficient (Wildman–Crippen LogP) is 3.05. The highest BCUT2D eigenvalue weighted by molar-refractivity contribution is 6.30. The predicted molar refractivity (Wildman–Crippen MR) is 75.8 cm³/mol. The van der Waals surface area contributed by atoms with E-state index < -0.39 is 0 Å². The van der Waals surface area contributed by atoms with Crippen LogP contribution in [0.5, 0.6) is 0 Å². The van der Waals surface area contributed by atoms with Gasteiger partial charge in [0.25, 0.3) is 5.91 Å². The number of hydrogen-bond acceptors (Lipinski definition) is 2. The van der Waals surface area contributed by atoms with Crippen molar-refractivity contribution in [1.82, 2.24) is 15.1 Å². The van der Waals surface area contributed by atoms with Gasteiger partial charge in [0.05, 0.1) is 17.4 Å². The smallest absolute Gasteiger partial charge is 0.254 e. The number of carbonyl (C=O) groups is 1. The molecule has 0 saturated carbocycles. The summed E-state index contributed by atoms with van der Waals surface area (Å²) >= 11 is 5.83. The van der Waals surface area contributed by atoms with Crippen LogP contribution >= 0.6 is 11.6 Å². The molecule has 0 unspecified atom stereocenters. The van der Waals surface area contributed by atoms with Crippen molar-refractivity contribution in [2.24, 2.45) is 0 Å². The zero-order valence-corrected chi connectivity index (χ0v) is 11.7. The van der Waals surface area contributed by atoms with Crippen LogP contribution in [-0.4, -0.2) is 21.7 Å².